The topological polar surface area (TPSA) is 107 Å². The number of para-hydroxylation sites is 2. The predicted octanol–water partition coefficient (Wildman–Crippen LogP) is 4.58. The molecule has 4 rings (SSSR count). The van der Waals surface area contributed by atoms with E-state index in [1.807, 2.05) is 36.4 Å². The molecule has 29 heavy (non-hydrogen) atoms. The first-order chi connectivity index (χ1) is 14.0. The zero-order chi connectivity index (χ0) is 20.5. The second-order valence-electron chi connectivity index (χ2n) is 6.65. The molecule has 1 amide bonds. The van der Waals surface area contributed by atoms with Gasteiger partial charge in [0.25, 0.3) is 17.3 Å². The van der Waals surface area contributed by atoms with Crippen molar-refractivity contribution in [3.8, 4) is 0 Å². The van der Waals surface area contributed by atoms with Crippen LogP contribution in [0.25, 0.3) is 0 Å². The van der Waals surface area contributed by atoms with Crippen molar-refractivity contribution in [2.24, 2.45) is 0 Å². The molecule has 0 spiro atoms. The molecule has 3 aromatic rings. The number of carbonyl (C=O) groups is 1. The first kappa shape index (κ1) is 18.3. The van der Waals surface area contributed by atoms with E-state index in [0.29, 0.717) is 11.4 Å². The third kappa shape index (κ3) is 3.31. The lowest BCUT2D eigenvalue weighted by Crippen LogP contribution is -2.27. The smallest absolute Gasteiger partial charge is 0.276 e. The first-order valence-electron chi connectivity index (χ1n) is 8.90. The van der Waals surface area contributed by atoms with Gasteiger partial charge in [-0.3, -0.25) is 29.9 Å². The average Bonchev–Trinajstić information content (AvgIpc) is 2.89. The highest BCUT2D eigenvalue weighted by Crippen LogP contribution is 2.37. The summed E-state index contributed by atoms with van der Waals surface area (Å²) in [5, 5.41) is 22.5. The van der Waals surface area contributed by atoms with Crippen LogP contribution < -0.4 is 4.90 Å². The van der Waals surface area contributed by atoms with Gasteiger partial charge in [-0.15, -0.1) is 0 Å². The zero-order valence-corrected chi connectivity index (χ0v) is 15.1. The minimum atomic E-state index is -0.742. The number of nitrogens with zero attached hydrogens (tertiary/aromatic N) is 3. The number of anilines is 2. The highest BCUT2D eigenvalue weighted by Gasteiger charge is 2.29. The van der Waals surface area contributed by atoms with Crippen LogP contribution in [0.15, 0.2) is 66.7 Å². The van der Waals surface area contributed by atoms with Crippen molar-refractivity contribution in [3.05, 3.63) is 104 Å². The normalized spacial score (nSPS) is 12.5. The summed E-state index contributed by atoms with van der Waals surface area (Å²) in [6.45, 7) is 0. The van der Waals surface area contributed by atoms with Gasteiger partial charge in [-0.1, -0.05) is 36.4 Å². The van der Waals surface area contributed by atoms with Crippen LogP contribution in [0.5, 0.6) is 0 Å². The molecule has 0 atom stereocenters. The SMILES string of the molecule is O=C(c1cc([N+](=O)[O-])cc([N+](=O)[O-])c1)N1c2ccccc2CCc2ccccc21. The van der Waals surface area contributed by atoms with Gasteiger partial charge in [0, 0.05) is 12.1 Å². The van der Waals surface area contributed by atoms with Crippen molar-refractivity contribution < 1.29 is 14.6 Å². The van der Waals surface area contributed by atoms with Crippen molar-refractivity contribution in [2.45, 2.75) is 12.8 Å². The molecule has 8 nitrogen and oxygen atoms in total. The second kappa shape index (κ2) is 7.16. The Kier molecular flexibility index (Phi) is 4.52. The molecule has 0 saturated heterocycles. The lowest BCUT2D eigenvalue weighted by molar-refractivity contribution is -0.394. The summed E-state index contributed by atoms with van der Waals surface area (Å²) in [6.07, 6.45) is 1.46. The average molecular weight is 389 g/mol. The van der Waals surface area contributed by atoms with Gasteiger partial charge in [-0.25, -0.2) is 0 Å². The van der Waals surface area contributed by atoms with E-state index in [2.05, 4.69) is 0 Å². The van der Waals surface area contributed by atoms with Gasteiger partial charge in [0.15, 0.2) is 0 Å². The predicted molar refractivity (Wildman–Crippen MR) is 107 cm³/mol. The van der Waals surface area contributed by atoms with Gasteiger partial charge in [-0.2, -0.15) is 0 Å². The van der Waals surface area contributed by atoms with Crippen LogP contribution in [-0.4, -0.2) is 15.8 Å². The van der Waals surface area contributed by atoms with Crippen LogP contribution in [0.3, 0.4) is 0 Å². The van der Waals surface area contributed by atoms with E-state index in [1.165, 1.54) is 4.90 Å². The fourth-order valence-electron chi connectivity index (χ4n) is 3.56. The van der Waals surface area contributed by atoms with Crippen molar-refractivity contribution in [1.82, 2.24) is 0 Å². The Bertz CT molecular complexity index is 1080. The third-order valence-corrected chi connectivity index (χ3v) is 4.90. The first-order valence-corrected chi connectivity index (χ1v) is 8.90. The Morgan fingerprint density at radius 3 is 1.66 bits per heavy atom. The van der Waals surface area contributed by atoms with E-state index < -0.39 is 27.1 Å². The number of hydrogen-bond donors (Lipinski definition) is 0. The van der Waals surface area contributed by atoms with Crippen LogP contribution in [-0.2, 0) is 12.8 Å². The van der Waals surface area contributed by atoms with E-state index in [9.17, 15) is 25.0 Å². The number of nitro benzene ring substituents is 2. The Morgan fingerprint density at radius 2 is 1.21 bits per heavy atom. The number of rotatable bonds is 3. The summed E-state index contributed by atoms with van der Waals surface area (Å²) in [5.74, 6) is -0.557. The van der Waals surface area contributed by atoms with Crippen molar-refractivity contribution in [2.75, 3.05) is 4.90 Å². The molecule has 8 heteroatoms. The quantitative estimate of drug-likeness (QED) is 0.481. The minimum absolute atomic E-state index is 0.114. The monoisotopic (exact) mass is 389 g/mol. The minimum Gasteiger partial charge on any atom is -0.276 e. The van der Waals surface area contributed by atoms with E-state index in [0.717, 1.165) is 42.2 Å². The highest BCUT2D eigenvalue weighted by molar-refractivity contribution is 6.12. The number of amides is 1. The van der Waals surface area contributed by atoms with E-state index >= 15 is 0 Å². The second-order valence-corrected chi connectivity index (χ2v) is 6.65. The molecular weight excluding hydrogens is 374 g/mol. The van der Waals surface area contributed by atoms with E-state index in [-0.39, 0.29) is 5.56 Å². The maximum absolute atomic E-state index is 13.5. The Balaban J connectivity index is 1.92. The summed E-state index contributed by atoms with van der Waals surface area (Å²) in [7, 11) is 0. The van der Waals surface area contributed by atoms with Crippen LogP contribution >= 0.6 is 0 Å². The molecule has 1 aliphatic rings. The number of fused-ring (bicyclic) bond motifs is 2. The molecule has 144 valence electrons. The van der Waals surface area contributed by atoms with Crippen molar-refractivity contribution in [3.63, 3.8) is 0 Å². The lowest BCUT2D eigenvalue weighted by atomic mass is 10.0. The number of hydrogen-bond acceptors (Lipinski definition) is 5. The van der Waals surface area contributed by atoms with Gasteiger partial charge >= 0.3 is 0 Å². The van der Waals surface area contributed by atoms with E-state index in [4.69, 9.17) is 0 Å². The summed E-state index contributed by atoms with van der Waals surface area (Å²) >= 11 is 0. The molecular formula is C21H15N3O5. The fraction of sp³-hybridized carbons (Fsp3) is 0.0952. The number of aryl methyl sites for hydroxylation is 2. The van der Waals surface area contributed by atoms with Gasteiger partial charge in [-0.05, 0) is 36.1 Å². The zero-order valence-electron chi connectivity index (χ0n) is 15.1. The number of nitro groups is 2. The fourth-order valence-corrected chi connectivity index (χ4v) is 3.56. The van der Waals surface area contributed by atoms with Crippen LogP contribution in [0, 0.1) is 20.2 Å². The van der Waals surface area contributed by atoms with Gasteiger partial charge in [0.05, 0.1) is 32.9 Å². The van der Waals surface area contributed by atoms with Gasteiger partial charge in [0.1, 0.15) is 0 Å². The van der Waals surface area contributed by atoms with Gasteiger partial charge in [0.2, 0.25) is 0 Å². The van der Waals surface area contributed by atoms with E-state index in [1.54, 1.807) is 12.1 Å². The van der Waals surface area contributed by atoms with Crippen molar-refractivity contribution in [1.29, 1.82) is 0 Å². The van der Waals surface area contributed by atoms with Crippen LogP contribution in [0.1, 0.15) is 21.5 Å². The molecule has 0 N–H and O–H groups in total. The molecule has 3 aromatic carbocycles. The molecule has 0 aliphatic carbocycles. The molecule has 1 aliphatic heterocycles. The maximum Gasteiger partial charge on any atom is 0.277 e. The highest BCUT2D eigenvalue weighted by atomic mass is 16.6. The lowest BCUT2D eigenvalue weighted by Gasteiger charge is -2.25. The molecule has 0 unspecified atom stereocenters. The third-order valence-electron chi connectivity index (χ3n) is 4.90. The molecule has 0 aromatic heterocycles. The molecule has 0 fully saturated rings. The van der Waals surface area contributed by atoms with Gasteiger partial charge < -0.3 is 0 Å². The molecule has 1 heterocycles. The Labute approximate surface area is 165 Å². The standard InChI is InChI=1S/C21H15N3O5/c25-21(16-11-17(23(26)27)13-18(12-16)24(28)29)22-19-7-3-1-5-14(19)9-10-15-6-2-4-8-20(15)22/h1-8,11-13H,9-10H2. The summed E-state index contributed by atoms with van der Waals surface area (Å²) in [5.41, 5.74) is 2.12. The van der Waals surface area contributed by atoms with Crippen molar-refractivity contribution >= 4 is 28.7 Å². The number of benzene rings is 3. The summed E-state index contributed by atoms with van der Waals surface area (Å²) in [6, 6.07) is 17.9. The number of non-ortho nitro benzene ring substituents is 2. The Morgan fingerprint density at radius 1 is 0.759 bits per heavy atom. The number of carbonyl (C=O) groups excluding carboxylic acids is 1. The Hall–Kier alpha value is -4.07. The van der Waals surface area contributed by atoms with Crippen LogP contribution in [0.2, 0.25) is 0 Å². The molecule has 0 saturated carbocycles. The van der Waals surface area contributed by atoms with Crippen LogP contribution in [0.4, 0.5) is 22.7 Å². The molecule has 0 radical (unpaired) electrons. The summed E-state index contributed by atoms with van der Waals surface area (Å²) < 4.78 is 0. The largest absolute Gasteiger partial charge is 0.277 e. The maximum atomic E-state index is 13.5. The molecule has 0 bridgehead atoms. The summed E-state index contributed by atoms with van der Waals surface area (Å²) in [4.78, 5) is 36.0.